The maximum absolute atomic E-state index is 12.1. The van der Waals surface area contributed by atoms with E-state index >= 15 is 0 Å². The quantitative estimate of drug-likeness (QED) is 0.541. The first-order valence-electron chi connectivity index (χ1n) is 3.47. The monoisotopic (exact) mass is 207 g/mol. The number of hydrazine groups is 1. The zero-order valence-corrected chi connectivity index (χ0v) is 7.51. The molecule has 0 saturated carbocycles. The molecular weight excluding hydrogens is 199 g/mol. The van der Waals surface area contributed by atoms with E-state index in [2.05, 4.69) is 0 Å². The van der Waals surface area contributed by atoms with Gasteiger partial charge in [-0.05, 0) is 0 Å². The summed E-state index contributed by atoms with van der Waals surface area (Å²) < 4.78 is 36.3. The second kappa shape index (κ2) is 4.50. The zero-order chi connectivity index (χ0) is 11.4. The normalized spacial score (nSPS) is 11.9. The Balaban J connectivity index is 4.67. The van der Waals surface area contributed by atoms with Crippen LogP contribution in [0.15, 0.2) is 11.8 Å². The van der Waals surface area contributed by atoms with Crippen molar-refractivity contribution in [2.75, 3.05) is 7.05 Å². The van der Waals surface area contributed by atoms with Crippen LogP contribution in [0.4, 0.5) is 13.2 Å². The Morgan fingerprint density at radius 1 is 1.57 bits per heavy atom. The highest BCUT2D eigenvalue weighted by Gasteiger charge is 2.35. The summed E-state index contributed by atoms with van der Waals surface area (Å²) in [5.74, 6) is -0.599. The summed E-state index contributed by atoms with van der Waals surface area (Å²) in [6.07, 6.45) is -4.39. The molecule has 0 aliphatic carbocycles. The standard InChI is InChI=1S/C7H8F3N3O/c1-5(14)13(2)12-6(3-4-11)7(8,9)10/h3,12H,1-2H3/b6-3+. The highest BCUT2D eigenvalue weighted by Crippen LogP contribution is 2.23. The topological polar surface area (TPSA) is 56.1 Å². The van der Waals surface area contributed by atoms with Crippen molar-refractivity contribution in [3.8, 4) is 6.07 Å². The number of nitrogens with one attached hydrogen (secondary N) is 1. The predicted octanol–water partition coefficient (Wildman–Crippen LogP) is 0.939. The van der Waals surface area contributed by atoms with Crippen LogP contribution < -0.4 is 5.43 Å². The molecule has 7 heteroatoms. The maximum Gasteiger partial charge on any atom is 0.433 e. The van der Waals surface area contributed by atoms with Crippen molar-refractivity contribution in [1.29, 1.82) is 5.26 Å². The first-order chi connectivity index (χ1) is 6.29. The van der Waals surface area contributed by atoms with Gasteiger partial charge in [0.1, 0.15) is 5.70 Å². The van der Waals surface area contributed by atoms with Gasteiger partial charge in [0.2, 0.25) is 5.91 Å². The van der Waals surface area contributed by atoms with Gasteiger partial charge in [-0.15, -0.1) is 0 Å². The molecule has 0 aromatic rings. The second-order valence-corrected chi connectivity index (χ2v) is 2.37. The van der Waals surface area contributed by atoms with Crippen molar-refractivity contribution >= 4 is 5.91 Å². The fraction of sp³-hybridized carbons (Fsp3) is 0.429. The molecule has 0 unspecified atom stereocenters. The van der Waals surface area contributed by atoms with Gasteiger partial charge in [-0.1, -0.05) is 0 Å². The minimum Gasteiger partial charge on any atom is -0.291 e. The van der Waals surface area contributed by atoms with Crippen molar-refractivity contribution in [1.82, 2.24) is 10.4 Å². The van der Waals surface area contributed by atoms with Gasteiger partial charge in [-0.3, -0.25) is 15.2 Å². The molecule has 0 bridgehead atoms. The molecular formula is C7H8F3N3O. The van der Waals surface area contributed by atoms with E-state index < -0.39 is 17.8 Å². The minimum atomic E-state index is -4.68. The molecule has 78 valence electrons. The van der Waals surface area contributed by atoms with Crippen LogP contribution in [0, 0.1) is 11.3 Å². The number of amides is 1. The largest absolute Gasteiger partial charge is 0.433 e. The van der Waals surface area contributed by atoms with Gasteiger partial charge in [-0.2, -0.15) is 18.4 Å². The molecule has 0 aromatic carbocycles. The molecule has 1 amide bonds. The summed E-state index contributed by atoms with van der Waals surface area (Å²) in [5, 5.41) is 8.72. The zero-order valence-electron chi connectivity index (χ0n) is 7.51. The lowest BCUT2D eigenvalue weighted by molar-refractivity contribution is -0.133. The van der Waals surface area contributed by atoms with E-state index in [1.807, 2.05) is 0 Å². The third-order valence-electron chi connectivity index (χ3n) is 1.27. The molecule has 0 radical (unpaired) electrons. The highest BCUT2D eigenvalue weighted by atomic mass is 19.4. The van der Waals surface area contributed by atoms with E-state index in [1.165, 1.54) is 6.07 Å². The molecule has 0 heterocycles. The molecule has 0 atom stereocenters. The molecule has 0 aliphatic rings. The van der Waals surface area contributed by atoms with Crippen LogP contribution in [0.2, 0.25) is 0 Å². The van der Waals surface area contributed by atoms with E-state index in [4.69, 9.17) is 5.26 Å². The van der Waals surface area contributed by atoms with Gasteiger partial charge in [0.05, 0.1) is 6.07 Å². The molecule has 1 N–H and O–H groups in total. The smallest absolute Gasteiger partial charge is 0.291 e. The predicted molar refractivity (Wildman–Crippen MR) is 41.3 cm³/mol. The SMILES string of the molecule is CC(=O)N(C)N/C(=C/C#N)C(F)(F)F. The fourth-order valence-electron chi connectivity index (χ4n) is 0.501. The van der Waals surface area contributed by atoms with Crippen LogP contribution in [0.3, 0.4) is 0 Å². The number of hydrogen-bond acceptors (Lipinski definition) is 3. The number of nitrogens with zero attached hydrogens (tertiary/aromatic N) is 2. The van der Waals surface area contributed by atoms with Crippen molar-refractivity contribution in [3.05, 3.63) is 11.8 Å². The van der Waals surface area contributed by atoms with Crippen LogP contribution in [0.5, 0.6) is 0 Å². The van der Waals surface area contributed by atoms with Gasteiger partial charge in [0.15, 0.2) is 0 Å². The highest BCUT2D eigenvalue weighted by molar-refractivity contribution is 5.72. The number of carbonyl (C=O) groups excluding carboxylic acids is 1. The summed E-state index contributed by atoms with van der Waals surface area (Å²) in [7, 11) is 1.12. The number of hydrogen-bond donors (Lipinski definition) is 1. The summed E-state index contributed by atoms with van der Waals surface area (Å²) in [4.78, 5) is 10.6. The van der Waals surface area contributed by atoms with Gasteiger partial charge in [0, 0.05) is 20.0 Å². The molecule has 0 fully saturated rings. The molecule has 4 nitrogen and oxygen atoms in total. The number of nitriles is 1. The van der Waals surface area contributed by atoms with E-state index in [1.54, 1.807) is 5.43 Å². The third-order valence-corrected chi connectivity index (χ3v) is 1.27. The van der Waals surface area contributed by atoms with Gasteiger partial charge in [0.25, 0.3) is 0 Å². The Morgan fingerprint density at radius 3 is 2.36 bits per heavy atom. The Morgan fingerprint density at radius 2 is 2.07 bits per heavy atom. The first kappa shape index (κ1) is 12.3. The molecule has 0 spiro atoms. The van der Waals surface area contributed by atoms with Crippen LogP contribution in [0.25, 0.3) is 0 Å². The maximum atomic E-state index is 12.1. The van der Waals surface area contributed by atoms with E-state index in [-0.39, 0.29) is 0 Å². The van der Waals surface area contributed by atoms with Crippen molar-refractivity contribution in [2.45, 2.75) is 13.1 Å². The Labute approximate surface area is 78.6 Å². The first-order valence-corrected chi connectivity index (χ1v) is 3.47. The third kappa shape index (κ3) is 3.80. The van der Waals surface area contributed by atoms with Crippen LogP contribution in [-0.2, 0) is 4.79 Å². The number of allylic oxidation sites excluding steroid dienone is 2. The van der Waals surface area contributed by atoms with Crippen molar-refractivity contribution in [3.63, 3.8) is 0 Å². The number of carbonyl (C=O) groups is 1. The van der Waals surface area contributed by atoms with E-state index in [9.17, 15) is 18.0 Å². The average Bonchev–Trinajstić information content (AvgIpc) is 2.01. The van der Waals surface area contributed by atoms with Crippen LogP contribution in [-0.4, -0.2) is 24.1 Å². The van der Waals surface area contributed by atoms with Crippen molar-refractivity contribution < 1.29 is 18.0 Å². The lowest BCUT2D eigenvalue weighted by Crippen LogP contribution is -2.41. The van der Waals surface area contributed by atoms with E-state index in [0.29, 0.717) is 11.1 Å². The van der Waals surface area contributed by atoms with Crippen LogP contribution in [0.1, 0.15) is 6.92 Å². The average molecular weight is 207 g/mol. The summed E-state index contributed by atoms with van der Waals surface area (Å²) in [6.45, 7) is 1.09. The van der Waals surface area contributed by atoms with Gasteiger partial charge >= 0.3 is 6.18 Å². The van der Waals surface area contributed by atoms with Gasteiger partial charge in [-0.25, -0.2) is 0 Å². The summed E-state index contributed by atoms with van der Waals surface area (Å²) >= 11 is 0. The lowest BCUT2D eigenvalue weighted by Gasteiger charge is -2.20. The number of halogens is 3. The second-order valence-electron chi connectivity index (χ2n) is 2.37. The Hall–Kier alpha value is -1.71. The Bertz CT molecular complexity index is 290. The lowest BCUT2D eigenvalue weighted by atomic mass is 10.4. The van der Waals surface area contributed by atoms with Crippen molar-refractivity contribution in [2.24, 2.45) is 0 Å². The molecule has 0 aromatic heterocycles. The summed E-state index contributed by atoms with van der Waals surface area (Å²) in [5.41, 5.74) is 0.475. The van der Waals surface area contributed by atoms with Gasteiger partial charge < -0.3 is 0 Å². The molecule has 14 heavy (non-hydrogen) atoms. The molecule has 0 aliphatic heterocycles. The summed E-state index contributed by atoms with van der Waals surface area (Å²) in [6, 6.07) is 1.24. The minimum absolute atomic E-state index is 0.291. The van der Waals surface area contributed by atoms with Crippen LogP contribution >= 0.6 is 0 Å². The number of rotatable bonds is 2. The van der Waals surface area contributed by atoms with E-state index in [0.717, 1.165) is 14.0 Å². The molecule has 0 saturated heterocycles. The number of alkyl halides is 3. The fourth-order valence-corrected chi connectivity index (χ4v) is 0.501. The molecule has 0 rings (SSSR count). The Kier molecular flexibility index (Phi) is 3.95.